The van der Waals surface area contributed by atoms with E-state index >= 15 is 0 Å². The number of nitrogens with zero attached hydrogens (tertiary/aromatic N) is 3. The van der Waals surface area contributed by atoms with E-state index in [0.29, 0.717) is 16.0 Å². The van der Waals surface area contributed by atoms with Crippen LogP contribution in [-0.4, -0.2) is 31.9 Å². The summed E-state index contributed by atoms with van der Waals surface area (Å²) < 4.78 is 2.27. The lowest BCUT2D eigenvalue weighted by Gasteiger charge is -2.09. The Kier molecular flexibility index (Phi) is 4.53. The molecule has 0 bridgehead atoms. The molecule has 0 unspecified atom stereocenters. The van der Waals surface area contributed by atoms with Crippen LogP contribution in [0.2, 0.25) is 0 Å². The van der Waals surface area contributed by atoms with Gasteiger partial charge in [0.25, 0.3) is 0 Å². The predicted octanol–water partition coefficient (Wildman–Crippen LogP) is 1.60. The normalized spacial score (nSPS) is 10.2. The van der Waals surface area contributed by atoms with E-state index < -0.39 is 12.0 Å². The molecular formula is C12H12BrN5O3. The first kappa shape index (κ1) is 15.0. The lowest BCUT2D eigenvalue weighted by atomic mass is 10.2. The van der Waals surface area contributed by atoms with Crippen molar-refractivity contribution >= 4 is 33.6 Å². The highest BCUT2D eigenvalue weighted by atomic mass is 79.9. The highest BCUT2D eigenvalue weighted by molar-refractivity contribution is 9.10. The lowest BCUT2D eigenvalue weighted by molar-refractivity contribution is 0.0697. The molecule has 9 heteroatoms. The predicted molar refractivity (Wildman–Crippen MR) is 78.0 cm³/mol. The molecule has 3 N–H and O–H groups in total. The second-order valence-corrected chi connectivity index (χ2v) is 5.02. The summed E-state index contributed by atoms with van der Waals surface area (Å²) in [5, 5.41) is 21.6. The molecule has 21 heavy (non-hydrogen) atoms. The van der Waals surface area contributed by atoms with Crippen LogP contribution < -0.4 is 10.6 Å². The van der Waals surface area contributed by atoms with Crippen molar-refractivity contribution < 1.29 is 14.7 Å². The fraction of sp³-hybridized carbons (Fsp3) is 0.167. The second kappa shape index (κ2) is 6.35. The van der Waals surface area contributed by atoms with Crippen LogP contribution in [0, 0.1) is 0 Å². The summed E-state index contributed by atoms with van der Waals surface area (Å²) in [6.45, 7) is 0.207. The molecule has 0 aliphatic heterocycles. The maximum atomic E-state index is 11.8. The molecule has 1 heterocycles. The number of rotatable bonds is 4. The van der Waals surface area contributed by atoms with Gasteiger partial charge in [0.2, 0.25) is 0 Å². The third-order valence-corrected chi connectivity index (χ3v) is 3.37. The fourth-order valence-corrected chi connectivity index (χ4v) is 1.89. The third-order valence-electron chi connectivity index (χ3n) is 2.67. The number of carbonyl (C=O) groups is 2. The van der Waals surface area contributed by atoms with Gasteiger partial charge in [-0.15, -0.1) is 10.2 Å². The monoisotopic (exact) mass is 353 g/mol. The largest absolute Gasteiger partial charge is 0.478 e. The zero-order valence-corrected chi connectivity index (χ0v) is 12.6. The maximum Gasteiger partial charge on any atom is 0.335 e. The number of aryl methyl sites for hydroxylation is 1. The molecule has 2 amide bonds. The number of carboxylic acid groups (broad SMARTS) is 1. The number of benzene rings is 1. The summed E-state index contributed by atoms with van der Waals surface area (Å²) in [7, 11) is 1.77. The zero-order chi connectivity index (χ0) is 15.4. The van der Waals surface area contributed by atoms with Crippen LogP contribution in [0.5, 0.6) is 0 Å². The molecule has 1 aromatic heterocycles. The van der Waals surface area contributed by atoms with Crippen LogP contribution in [0.15, 0.2) is 29.0 Å². The molecule has 0 atom stereocenters. The van der Waals surface area contributed by atoms with E-state index in [4.69, 9.17) is 5.11 Å². The Morgan fingerprint density at radius 2 is 2.19 bits per heavy atom. The lowest BCUT2D eigenvalue weighted by Crippen LogP contribution is -2.29. The maximum absolute atomic E-state index is 11.8. The van der Waals surface area contributed by atoms with Crippen molar-refractivity contribution in [1.29, 1.82) is 0 Å². The molecule has 2 aromatic rings. The van der Waals surface area contributed by atoms with Crippen LogP contribution in [0.25, 0.3) is 0 Å². The summed E-state index contributed by atoms with van der Waals surface area (Å²) in [5.41, 5.74) is 0.451. The minimum atomic E-state index is -1.06. The summed E-state index contributed by atoms with van der Waals surface area (Å²) in [6, 6.07) is 3.90. The Morgan fingerprint density at radius 1 is 1.43 bits per heavy atom. The molecular weight excluding hydrogens is 342 g/mol. The van der Waals surface area contributed by atoms with Crippen molar-refractivity contribution in [2.75, 3.05) is 5.32 Å². The van der Waals surface area contributed by atoms with E-state index in [-0.39, 0.29) is 12.1 Å². The minimum absolute atomic E-state index is 0.0850. The van der Waals surface area contributed by atoms with Crippen molar-refractivity contribution in [3.63, 3.8) is 0 Å². The van der Waals surface area contributed by atoms with Gasteiger partial charge < -0.3 is 20.3 Å². The summed E-state index contributed by atoms with van der Waals surface area (Å²) in [5.74, 6) is -0.464. The Morgan fingerprint density at radius 3 is 2.81 bits per heavy atom. The molecule has 0 saturated heterocycles. The standard InChI is InChI=1S/C12H12BrN5O3/c1-18-6-15-17-10(18)5-14-12(21)16-9-4-7(11(19)20)2-3-8(9)13/h2-4,6H,5H2,1H3,(H,19,20)(H2,14,16,21). The van der Waals surface area contributed by atoms with E-state index in [1.807, 2.05) is 0 Å². The Balaban J connectivity index is 2.01. The molecule has 0 aliphatic rings. The van der Waals surface area contributed by atoms with Gasteiger partial charge in [-0.1, -0.05) is 0 Å². The van der Waals surface area contributed by atoms with Gasteiger partial charge in [0.1, 0.15) is 6.33 Å². The molecule has 0 radical (unpaired) electrons. The van der Waals surface area contributed by atoms with Gasteiger partial charge in [-0.25, -0.2) is 9.59 Å². The van der Waals surface area contributed by atoms with Crippen molar-refractivity contribution in [2.45, 2.75) is 6.54 Å². The van der Waals surface area contributed by atoms with E-state index in [1.54, 1.807) is 17.7 Å². The highest BCUT2D eigenvalue weighted by Gasteiger charge is 2.10. The van der Waals surface area contributed by atoms with Crippen molar-refractivity contribution in [3.8, 4) is 0 Å². The SMILES string of the molecule is Cn1cnnc1CNC(=O)Nc1cc(C(=O)O)ccc1Br. The second-order valence-electron chi connectivity index (χ2n) is 4.17. The van der Waals surface area contributed by atoms with E-state index in [2.05, 4.69) is 36.8 Å². The van der Waals surface area contributed by atoms with E-state index in [9.17, 15) is 9.59 Å². The average Bonchev–Trinajstić information content (AvgIpc) is 2.84. The first-order chi connectivity index (χ1) is 9.97. The van der Waals surface area contributed by atoms with Crippen LogP contribution in [0.3, 0.4) is 0 Å². The molecule has 8 nitrogen and oxygen atoms in total. The van der Waals surface area contributed by atoms with Crippen molar-refractivity contribution in [2.24, 2.45) is 7.05 Å². The quantitative estimate of drug-likeness (QED) is 0.773. The number of urea groups is 1. The number of halogens is 1. The van der Waals surface area contributed by atoms with Gasteiger partial charge in [-0.05, 0) is 34.1 Å². The van der Waals surface area contributed by atoms with Crippen LogP contribution >= 0.6 is 15.9 Å². The van der Waals surface area contributed by atoms with Gasteiger partial charge in [0.15, 0.2) is 5.82 Å². The smallest absolute Gasteiger partial charge is 0.335 e. The molecule has 0 fully saturated rings. The number of aromatic carboxylic acids is 1. The molecule has 110 valence electrons. The number of carboxylic acids is 1. The number of hydrogen-bond acceptors (Lipinski definition) is 4. The number of nitrogens with one attached hydrogen (secondary N) is 2. The number of aromatic nitrogens is 3. The van der Waals surface area contributed by atoms with Gasteiger partial charge in [-0.2, -0.15) is 0 Å². The van der Waals surface area contributed by atoms with Crippen LogP contribution in [0.1, 0.15) is 16.2 Å². The molecule has 0 saturated carbocycles. The van der Waals surface area contributed by atoms with E-state index in [1.165, 1.54) is 18.5 Å². The Hall–Kier alpha value is -2.42. The number of hydrogen-bond donors (Lipinski definition) is 3. The number of carbonyl (C=O) groups excluding carboxylic acids is 1. The first-order valence-electron chi connectivity index (χ1n) is 5.88. The van der Waals surface area contributed by atoms with Gasteiger partial charge in [-0.3, -0.25) is 0 Å². The van der Waals surface area contributed by atoms with Crippen molar-refractivity contribution in [1.82, 2.24) is 20.1 Å². The number of amides is 2. The molecule has 1 aromatic carbocycles. The summed E-state index contributed by atoms with van der Waals surface area (Å²) in [6.07, 6.45) is 1.53. The summed E-state index contributed by atoms with van der Waals surface area (Å²) in [4.78, 5) is 22.7. The third kappa shape index (κ3) is 3.78. The molecule has 0 aliphatic carbocycles. The Labute approximate surface area is 128 Å². The van der Waals surface area contributed by atoms with E-state index in [0.717, 1.165) is 0 Å². The zero-order valence-electron chi connectivity index (χ0n) is 11.0. The average molecular weight is 354 g/mol. The highest BCUT2D eigenvalue weighted by Crippen LogP contribution is 2.23. The summed E-state index contributed by atoms with van der Waals surface area (Å²) >= 11 is 3.25. The topological polar surface area (TPSA) is 109 Å². The first-order valence-corrected chi connectivity index (χ1v) is 6.67. The van der Waals surface area contributed by atoms with Crippen molar-refractivity contribution in [3.05, 3.63) is 40.4 Å². The Bertz CT molecular complexity index is 685. The molecule has 0 spiro atoms. The van der Waals surface area contributed by atoms with Crippen LogP contribution in [-0.2, 0) is 13.6 Å². The minimum Gasteiger partial charge on any atom is -0.478 e. The fourth-order valence-electron chi connectivity index (χ4n) is 1.55. The van der Waals surface area contributed by atoms with Gasteiger partial charge in [0, 0.05) is 11.5 Å². The number of anilines is 1. The van der Waals surface area contributed by atoms with Gasteiger partial charge in [0.05, 0.1) is 17.8 Å². The van der Waals surface area contributed by atoms with Gasteiger partial charge >= 0.3 is 12.0 Å². The van der Waals surface area contributed by atoms with Crippen LogP contribution in [0.4, 0.5) is 10.5 Å². The molecule has 2 rings (SSSR count).